The number of nitrogens with zero attached hydrogens (tertiary/aromatic N) is 3. The standard InChI is InChI=1S/C24H28ClN3O2/c1-15-13-20-22(17-5-7-18(25)8-6-17)19(14-21(29)30)16(2)23-24(20)28(15)12-11-27(23)10-9-26(3)4/h5-8,13H,9-12,14H2,1-4H3,(H,29,30). The van der Waals surface area contributed by atoms with Gasteiger partial charge < -0.3 is 19.5 Å². The van der Waals surface area contributed by atoms with Crippen LogP contribution in [0.3, 0.4) is 0 Å². The molecule has 158 valence electrons. The molecule has 1 aliphatic rings. The minimum absolute atomic E-state index is 0.00151. The Morgan fingerprint density at radius 1 is 1.17 bits per heavy atom. The summed E-state index contributed by atoms with van der Waals surface area (Å²) in [4.78, 5) is 16.4. The molecule has 1 N–H and O–H groups in total. The maximum Gasteiger partial charge on any atom is 0.307 e. The average molecular weight is 426 g/mol. The molecule has 0 aliphatic carbocycles. The van der Waals surface area contributed by atoms with Crippen LogP contribution in [0, 0.1) is 13.8 Å². The van der Waals surface area contributed by atoms with Crippen molar-refractivity contribution in [2.45, 2.75) is 26.8 Å². The summed E-state index contributed by atoms with van der Waals surface area (Å²) < 4.78 is 2.38. The maximum atomic E-state index is 11.8. The van der Waals surface area contributed by atoms with Crippen LogP contribution in [0.25, 0.3) is 22.0 Å². The lowest BCUT2D eigenvalue weighted by Gasteiger charge is -2.35. The van der Waals surface area contributed by atoms with Gasteiger partial charge in [0, 0.05) is 42.3 Å². The zero-order valence-electron chi connectivity index (χ0n) is 18.0. The van der Waals surface area contributed by atoms with E-state index in [9.17, 15) is 9.90 Å². The lowest BCUT2D eigenvalue weighted by molar-refractivity contribution is -0.136. The number of hydrogen-bond donors (Lipinski definition) is 1. The molecule has 6 heteroatoms. The fourth-order valence-corrected chi connectivity index (χ4v) is 4.79. The molecule has 0 fully saturated rings. The van der Waals surface area contributed by atoms with Crippen molar-refractivity contribution in [2.24, 2.45) is 0 Å². The monoisotopic (exact) mass is 425 g/mol. The third-order valence-corrected chi connectivity index (χ3v) is 6.35. The summed E-state index contributed by atoms with van der Waals surface area (Å²) in [6.45, 7) is 7.95. The number of aromatic nitrogens is 1. The van der Waals surface area contributed by atoms with Crippen LogP contribution in [0.2, 0.25) is 5.02 Å². The molecule has 0 radical (unpaired) electrons. The molecule has 3 aromatic rings. The van der Waals surface area contributed by atoms with Gasteiger partial charge in [-0.2, -0.15) is 0 Å². The summed E-state index contributed by atoms with van der Waals surface area (Å²) in [7, 11) is 4.16. The molecule has 0 saturated carbocycles. The molecule has 0 saturated heterocycles. The van der Waals surface area contributed by atoms with Gasteiger partial charge in [0.2, 0.25) is 0 Å². The van der Waals surface area contributed by atoms with E-state index in [1.54, 1.807) is 0 Å². The van der Waals surface area contributed by atoms with E-state index in [1.165, 1.54) is 16.9 Å². The maximum absolute atomic E-state index is 11.8. The van der Waals surface area contributed by atoms with Crippen LogP contribution in [0.5, 0.6) is 0 Å². The van der Waals surface area contributed by atoms with Crippen molar-refractivity contribution >= 4 is 34.2 Å². The van der Waals surface area contributed by atoms with E-state index >= 15 is 0 Å². The predicted molar refractivity (Wildman–Crippen MR) is 124 cm³/mol. The number of carboxylic acid groups (broad SMARTS) is 1. The number of likely N-dealkylation sites (N-methyl/N-ethyl adjacent to an activating group) is 1. The SMILES string of the molecule is Cc1c(CC(=O)O)c(-c2ccc(Cl)cc2)c2cc(C)n3c2c1N(CCN(C)C)CC3. The number of rotatable bonds is 6. The minimum Gasteiger partial charge on any atom is -0.481 e. The van der Waals surface area contributed by atoms with E-state index in [0.29, 0.717) is 5.02 Å². The zero-order chi connectivity index (χ0) is 21.6. The van der Waals surface area contributed by atoms with Crippen LogP contribution < -0.4 is 4.90 Å². The van der Waals surface area contributed by atoms with Gasteiger partial charge in [0.05, 0.1) is 17.6 Å². The molecule has 2 aromatic carbocycles. The molecule has 2 heterocycles. The highest BCUT2D eigenvalue weighted by molar-refractivity contribution is 6.30. The second-order valence-electron chi connectivity index (χ2n) is 8.39. The summed E-state index contributed by atoms with van der Waals surface area (Å²) in [6, 6.07) is 9.93. The fraction of sp³-hybridized carbons (Fsp3) is 0.375. The number of carboxylic acids is 1. The number of carbonyl (C=O) groups is 1. The van der Waals surface area contributed by atoms with Crippen molar-refractivity contribution < 1.29 is 9.90 Å². The van der Waals surface area contributed by atoms with E-state index in [0.717, 1.165) is 53.8 Å². The highest BCUT2D eigenvalue weighted by Gasteiger charge is 2.28. The number of aryl methyl sites for hydroxylation is 1. The van der Waals surface area contributed by atoms with Crippen LogP contribution in [0.1, 0.15) is 16.8 Å². The molecular weight excluding hydrogens is 398 g/mol. The highest BCUT2D eigenvalue weighted by atomic mass is 35.5. The normalized spacial score (nSPS) is 13.5. The lowest BCUT2D eigenvalue weighted by Crippen LogP contribution is -2.37. The first-order valence-corrected chi connectivity index (χ1v) is 10.7. The smallest absolute Gasteiger partial charge is 0.307 e. The first-order chi connectivity index (χ1) is 14.3. The van der Waals surface area contributed by atoms with Gasteiger partial charge in [-0.3, -0.25) is 4.79 Å². The molecule has 30 heavy (non-hydrogen) atoms. The zero-order valence-corrected chi connectivity index (χ0v) is 18.8. The molecular formula is C24H28ClN3O2. The summed E-state index contributed by atoms with van der Waals surface area (Å²) in [6.07, 6.45) is -0.00151. The third kappa shape index (κ3) is 3.57. The van der Waals surface area contributed by atoms with Crippen molar-refractivity contribution in [1.29, 1.82) is 0 Å². The Balaban J connectivity index is 2.03. The highest BCUT2D eigenvalue weighted by Crippen LogP contribution is 2.44. The van der Waals surface area contributed by atoms with Crippen LogP contribution in [-0.4, -0.2) is 54.3 Å². The third-order valence-electron chi connectivity index (χ3n) is 6.10. The van der Waals surface area contributed by atoms with Gasteiger partial charge in [-0.25, -0.2) is 0 Å². The van der Waals surface area contributed by atoms with Crippen LogP contribution >= 0.6 is 11.6 Å². The van der Waals surface area contributed by atoms with Gasteiger partial charge in [-0.15, -0.1) is 0 Å². The quantitative estimate of drug-likeness (QED) is 0.627. The van der Waals surface area contributed by atoms with Crippen LogP contribution in [-0.2, 0) is 17.8 Å². The first-order valence-electron chi connectivity index (χ1n) is 10.3. The van der Waals surface area contributed by atoms with Crippen molar-refractivity contribution in [2.75, 3.05) is 38.6 Å². The molecule has 0 spiro atoms. The Kier molecular flexibility index (Phi) is 5.51. The lowest BCUT2D eigenvalue weighted by atomic mass is 9.88. The van der Waals surface area contributed by atoms with E-state index in [1.807, 2.05) is 24.3 Å². The van der Waals surface area contributed by atoms with Crippen LogP contribution in [0.15, 0.2) is 30.3 Å². The molecule has 0 atom stereocenters. The van der Waals surface area contributed by atoms with Crippen molar-refractivity contribution in [1.82, 2.24) is 9.47 Å². The van der Waals surface area contributed by atoms with Crippen LogP contribution in [0.4, 0.5) is 5.69 Å². The molecule has 4 rings (SSSR count). The minimum atomic E-state index is -0.813. The summed E-state index contributed by atoms with van der Waals surface area (Å²) >= 11 is 6.13. The summed E-state index contributed by atoms with van der Waals surface area (Å²) in [5.41, 5.74) is 7.58. The second kappa shape index (κ2) is 7.97. The number of benzene rings is 2. The van der Waals surface area contributed by atoms with Crippen molar-refractivity contribution in [3.05, 3.63) is 52.2 Å². The Hall–Kier alpha value is -2.50. The van der Waals surface area contributed by atoms with E-state index in [4.69, 9.17) is 11.6 Å². The fourth-order valence-electron chi connectivity index (χ4n) is 4.66. The largest absolute Gasteiger partial charge is 0.481 e. The topological polar surface area (TPSA) is 48.7 Å². The molecule has 0 amide bonds. The van der Waals surface area contributed by atoms with E-state index < -0.39 is 5.97 Å². The first kappa shape index (κ1) is 20.8. The van der Waals surface area contributed by atoms with Gasteiger partial charge in [-0.05, 0) is 68.4 Å². The Labute approximate surface area is 182 Å². The molecule has 0 unspecified atom stereocenters. The number of hydrogen-bond acceptors (Lipinski definition) is 3. The molecule has 0 bridgehead atoms. The number of anilines is 1. The van der Waals surface area contributed by atoms with E-state index in [-0.39, 0.29) is 6.42 Å². The summed E-state index contributed by atoms with van der Waals surface area (Å²) in [5.74, 6) is -0.813. The molecule has 1 aromatic heterocycles. The van der Waals surface area contributed by atoms with Gasteiger partial charge in [0.15, 0.2) is 0 Å². The van der Waals surface area contributed by atoms with Gasteiger partial charge in [0.25, 0.3) is 0 Å². The second-order valence-corrected chi connectivity index (χ2v) is 8.83. The van der Waals surface area contributed by atoms with Crippen molar-refractivity contribution in [3.8, 4) is 11.1 Å². The van der Waals surface area contributed by atoms with Gasteiger partial charge >= 0.3 is 5.97 Å². The van der Waals surface area contributed by atoms with Gasteiger partial charge in [-0.1, -0.05) is 23.7 Å². The van der Waals surface area contributed by atoms with Gasteiger partial charge in [0.1, 0.15) is 0 Å². The average Bonchev–Trinajstić information content (AvgIpc) is 3.02. The predicted octanol–water partition coefficient (Wildman–Crippen LogP) is 4.59. The Bertz CT molecular complexity index is 1120. The molecule has 5 nitrogen and oxygen atoms in total. The van der Waals surface area contributed by atoms with E-state index in [2.05, 4.69) is 48.4 Å². The van der Waals surface area contributed by atoms with Crippen molar-refractivity contribution in [3.63, 3.8) is 0 Å². The summed E-state index contributed by atoms with van der Waals surface area (Å²) in [5, 5.41) is 11.5. The number of aliphatic carboxylic acids is 1. The molecule has 1 aliphatic heterocycles. The number of halogens is 1. The Morgan fingerprint density at radius 2 is 1.87 bits per heavy atom. The Morgan fingerprint density at radius 3 is 2.50 bits per heavy atom.